The fourth-order valence-corrected chi connectivity index (χ4v) is 2.73. The van der Waals surface area contributed by atoms with Crippen LogP contribution in [0.15, 0.2) is 27.6 Å². The van der Waals surface area contributed by atoms with Crippen LogP contribution in [0.5, 0.6) is 0 Å². The van der Waals surface area contributed by atoms with Crippen molar-refractivity contribution in [2.24, 2.45) is 4.99 Å². The fourth-order valence-electron chi connectivity index (χ4n) is 2.73. The van der Waals surface area contributed by atoms with E-state index in [-0.39, 0.29) is 0 Å². The number of benzene rings is 1. The van der Waals surface area contributed by atoms with Crippen molar-refractivity contribution in [3.8, 4) is 11.5 Å². The molecule has 0 saturated heterocycles. The minimum Gasteiger partial charge on any atom is -0.418 e. The van der Waals surface area contributed by atoms with Gasteiger partial charge in [0.1, 0.15) is 5.69 Å². The largest absolute Gasteiger partial charge is 0.418 e. The average Bonchev–Trinajstić information content (AvgIpc) is 2.94. The van der Waals surface area contributed by atoms with E-state index in [0.717, 1.165) is 23.4 Å². The summed E-state index contributed by atoms with van der Waals surface area (Å²) >= 11 is 0. The zero-order chi connectivity index (χ0) is 15.1. The molecule has 1 aliphatic heterocycles. The van der Waals surface area contributed by atoms with Gasteiger partial charge in [-0.15, -0.1) is 0 Å². The minimum atomic E-state index is 0.436. The van der Waals surface area contributed by atoms with Gasteiger partial charge in [-0.25, -0.2) is 9.98 Å². The van der Waals surface area contributed by atoms with Gasteiger partial charge in [0.05, 0.1) is 0 Å². The maximum atomic E-state index is 5.88. The van der Waals surface area contributed by atoms with Crippen LogP contribution in [-0.2, 0) is 6.42 Å². The second kappa shape index (κ2) is 5.14. The maximum absolute atomic E-state index is 5.88. The van der Waals surface area contributed by atoms with Crippen LogP contribution in [0.3, 0.4) is 0 Å². The normalized spacial score (nSPS) is 14.0. The van der Waals surface area contributed by atoms with Crippen LogP contribution in [0.4, 0.5) is 5.88 Å². The van der Waals surface area contributed by atoms with Gasteiger partial charge in [-0.3, -0.25) is 0 Å². The number of nitrogens with zero attached hydrogens (tertiary/aromatic N) is 2. The van der Waals surface area contributed by atoms with Crippen LogP contribution in [-0.4, -0.2) is 10.7 Å². The van der Waals surface area contributed by atoms with Gasteiger partial charge in [0.15, 0.2) is 0 Å². The first kappa shape index (κ1) is 14.1. The zero-order valence-corrected chi connectivity index (χ0v) is 13.4. The molecule has 0 atom stereocenters. The third-order valence-electron chi connectivity index (χ3n) is 3.99. The van der Waals surface area contributed by atoms with Crippen molar-refractivity contribution in [3.05, 3.63) is 35.0 Å². The number of rotatable bonds is 3. The molecule has 0 radical (unpaired) electrons. The molecule has 1 aromatic carbocycles. The van der Waals surface area contributed by atoms with E-state index >= 15 is 0 Å². The Morgan fingerprint density at radius 2 is 1.86 bits per heavy atom. The van der Waals surface area contributed by atoms with Gasteiger partial charge < -0.3 is 4.42 Å². The first-order valence-corrected chi connectivity index (χ1v) is 7.63. The van der Waals surface area contributed by atoms with Crippen molar-refractivity contribution >= 4 is 11.6 Å². The van der Waals surface area contributed by atoms with E-state index in [1.54, 1.807) is 0 Å². The second-order valence-electron chi connectivity index (χ2n) is 6.45. The molecule has 110 valence electrons. The number of fused-ring (bicyclic) bond motifs is 1. The van der Waals surface area contributed by atoms with Gasteiger partial charge in [0.2, 0.25) is 11.8 Å². The lowest BCUT2D eigenvalue weighted by atomic mass is 9.91. The number of hydrogen-bond acceptors (Lipinski definition) is 3. The summed E-state index contributed by atoms with van der Waals surface area (Å²) in [4.78, 5) is 9.05. The number of oxazole rings is 1. The van der Waals surface area contributed by atoms with Crippen molar-refractivity contribution in [1.82, 2.24) is 4.98 Å². The number of hydrogen-bond donors (Lipinski definition) is 0. The van der Waals surface area contributed by atoms with E-state index in [0.29, 0.717) is 23.6 Å². The number of aliphatic imine (C=N–C) groups is 1. The lowest BCUT2D eigenvalue weighted by molar-refractivity contribution is 0.583. The molecule has 0 amide bonds. The summed E-state index contributed by atoms with van der Waals surface area (Å²) in [5, 5.41) is 0. The molecular formula is C18H22N2O. The van der Waals surface area contributed by atoms with Crippen molar-refractivity contribution in [2.75, 3.05) is 0 Å². The van der Waals surface area contributed by atoms with Crippen molar-refractivity contribution in [2.45, 2.75) is 52.9 Å². The van der Waals surface area contributed by atoms with E-state index in [2.05, 4.69) is 55.9 Å². The molecule has 0 unspecified atom stereocenters. The molecule has 0 N–H and O–H groups in total. The van der Waals surface area contributed by atoms with Gasteiger partial charge >= 0.3 is 0 Å². The van der Waals surface area contributed by atoms with Crippen molar-refractivity contribution in [1.29, 1.82) is 0 Å². The molecule has 0 saturated carbocycles. The second-order valence-corrected chi connectivity index (χ2v) is 6.45. The Morgan fingerprint density at radius 3 is 2.48 bits per heavy atom. The quantitative estimate of drug-likeness (QED) is 0.772. The highest BCUT2D eigenvalue weighted by molar-refractivity contribution is 5.90. The van der Waals surface area contributed by atoms with Gasteiger partial charge in [0, 0.05) is 17.7 Å². The van der Waals surface area contributed by atoms with Crippen LogP contribution in [0, 0.1) is 0 Å². The first-order valence-electron chi connectivity index (χ1n) is 7.63. The summed E-state index contributed by atoms with van der Waals surface area (Å²) in [6.45, 7) is 10.9. The van der Waals surface area contributed by atoms with Gasteiger partial charge in [0.25, 0.3) is 0 Å². The molecular weight excluding hydrogens is 260 g/mol. The molecule has 0 aliphatic carbocycles. The molecule has 3 nitrogen and oxygen atoms in total. The highest BCUT2D eigenvalue weighted by Crippen LogP contribution is 2.36. The standard InChI is InChI=1S/C18H22N2O/c1-10(2)13-6-7-14(15(9-13)11(3)4)17-20-16-8-12(5)19-18(16)21-17/h6-7,9-11H,8H2,1-5H3. The summed E-state index contributed by atoms with van der Waals surface area (Å²) in [5.41, 5.74) is 5.78. The van der Waals surface area contributed by atoms with Crippen molar-refractivity contribution < 1.29 is 4.42 Å². The molecule has 0 spiro atoms. The molecule has 0 bridgehead atoms. The van der Waals surface area contributed by atoms with E-state index in [9.17, 15) is 0 Å². The summed E-state index contributed by atoms with van der Waals surface area (Å²) in [7, 11) is 0. The van der Waals surface area contributed by atoms with Crippen LogP contribution >= 0.6 is 0 Å². The Balaban J connectivity index is 2.08. The Kier molecular flexibility index (Phi) is 3.44. The SMILES string of the molecule is CC1=Nc2oc(-c3ccc(C(C)C)cc3C(C)C)nc2C1. The van der Waals surface area contributed by atoms with Crippen LogP contribution in [0.1, 0.15) is 63.3 Å². The van der Waals surface area contributed by atoms with Crippen LogP contribution < -0.4 is 0 Å². The van der Waals surface area contributed by atoms with E-state index in [1.165, 1.54) is 11.1 Å². The monoisotopic (exact) mass is 282 g/mol. The molecule has 0 fully saturated rings. The smallest absolute Gasteiger partial charge is 0.243 e. The van der Waals surface area contributed by atoms with Crippen LogP contribution in [0.25, 0.3) is 11.5 Å². The summed E-state index contributed by atoms with van der Waals surface area (Å²) in [6, 6.07) is 6.60. The lowest BCUT2D eigenvalue weighted by Gasteiger charge is -2.14. The average molecular weight is 282 g/mol. The Hall–Kier alpha value is -1.90. The Labute approximate surface area is 126 Å². The zero-order valence-electron chi connectivity index (χ0n) is 13.4. The highest BCUT2D eigenvalue weighted by atomic mass is 16.4. The topological polar surface area (TPSA) is 38.4 Å². The first-order chi connectivity index (χ1) is 9.95. The molecule has 1 aromatic heterocycles. The van der Waals surface area contributed by atoms with E-state index in [1.807, 2.05) is 6.92 Å². The summed E-state index contributed by atoms with van der Waals surface area (Å²) < 4.78 is 5.88. The predicted octanol–water partition coefficient (Wildman–Crippen LogP) is 5.24. The molecule has 2 aromatic rings. The van der Waals surface area contributed by atoms with E-state index < -0.39 is 0 Å². The van der Waals surface area contributed by atoms with Crippen LogP contribution in [0.2, 0.25) is 0 Å². The highest BCUT2D eigenvalue weighted by Gasteiger charge is 2.22. The van der Waals surface area contributed by atoms with Gasteiger partial charge in [-0.05, 0) is 36.0 Å². The molecule has 1 aliphatic rings. The van der Waals surface area contributed by atoms with Gasteiger partial charge in [-0.2, -0.15) is 0 Å². The molecule has 21 heavy (non-hydrogen) atoms. The van der Waals surface area contributed by atoms with E-state index in [4.69, 9.17) is 4.42 Å². The summed E-state index contributed by atoms with van der Waals surface area (Å²) in [6.07, 6.45) is 0.805. The summed E-state index contributed by atoms with van der Waals surface area (Å²) in [5.74, 6) is 2.35. The Bertz CT molecular complexity index is 708. The fraction of sp³-hybridized carbons (Fsp3) is 0.444. The van der Waals surface area contributed by atoms with Crippen molar-refractivity contribution in [3.63, 3.8) is 0 Å². The number of aromatic nitrogens is 1. The minimum absolute atomic E-state index is 0.436. The molecule has 2 heterocycles. The Morgan fingerprint density at radius 1 is 1.10 bits per heavy atom. The predicted molar refractivity (Wildman–Crippen MR) is 86.6 cm³/mol. The van der Waals surface area contributed by atoms with Gasteiger partial charge in [-0.1, -0.05) is 39.8 Å². The molecule has 3 heteroatoms. The third-order valence-corrected chi connectivity index (χ3v) is 3.99. The molecule has 3 rings (SSSR count). The maximum Gasteiger partial charge on any atom is 0.243 e. The third kappa shape index (κ3) is 2.53. The lowest BCUT2D eigenvalue weighted by Crippen LogP contribution is -1.97.